The predicted molar refractivity (Wildman–Crippen MR) is 80.4 cm³/mol. The Morgan fingerprint density at radius 1 is 1.42 bits per heavy atom. The molecule has 1 saturated heterocycles. The first-order valence-electron chi connectivity index (χ1n) is 6.98. The van der Waals surface area contributed by atoms with E-state index in [1.807, 2.05) is 18.2 Å². The number of nitrogens with one attached hydrogen (secondary N) is 2. The van der Waals surface area contributed by atoms with Crippen molar-refractivity contribution >= 4 is 17.7 Å². The standard InChI is InChI=1S/C15H22N2OS/c1-12(19-13-7-3-2-4-8-13)11-17-15(18)14-9-5-6-10-16-14/h2-4,7-8,12,14,16H,5-6,9-11H2,1H3,(H,17,18). The second-order valence-electron chi connectivity index (χ2n) is 4.99. The molecule has 0 aromatic heterocycles. The quantitative estimate of drug-likeness (QED) is 0.813. The second kappa shape index (κ2) is 7.56. The average molecular weight is 278 g/mol. The number of amides is 1. The van der Waals surface area contributed by atoms with Gasteiger partial charge in [-0.15, -0.1) is 11.8 Å². The summed E-state index contributed by atoms with van der Waals surface area (Å²) < 4.78 is 0. The fourth-order valence-electron chi connectivity index (χ4n) is 2.22. The third-order valence-corrected chi connectivity index (χ3v) is 4.38. The minimum atomic E-state index is 0.0164. The summed E-state index contributed by atoms with van der Waals surface area (Å²) in [5.74, 6) is 0.153. The molecule has 1 aliphatic heterocycles. The zero-order valence-corrected chi connectivity index (χ0v) is 12.2. The molecule has 1 amide bonds. The van der Waals surface area contributed by atoms with Crippen LogP contribution in [0.25, 0.3) is 0 Å². The molecule has 2 rings (SSSR count). The van der Waals surface area contributed by atoms with E-state index >= 15 is 0 Å². The molecular formula is C15H22N2OS. The van der Waals surface area contributed by atoms with Crippen LogP contribution >= 0.6 is 11.8 Å². The highest BCUT2D eigenvalue weighted by molar-refractivity contribution is 8.00. The highest BCUT2D eigenvalue weighted by atomic mass is 32.2. The molecule has 2 unspecified atom stereocenters. The summed E-state index contributed by atoms with van der Waals surface area (Å²) in [6.07, 6.45) is 3.30. The van der Waals surface area contributed by atoms with Crippen molar-refractivity contribution in [2.75, 3.05) is 13.1 Å². The van der Waals surface area contributed by atoms with E-state index in [-0.39, 0.29) is 11.9 Å². The van der Waals surface area contributed by atoms with E-state index in [4.69, 9.17) is 0 Å². The molecule has 3 nitrogen and oxygen atoms in total. The van der Waals surface area contributed by atoms with Crippen LogP contribution in [0, 0.1) is 0 Å². The van der Waals surface area contributed by atoms with Gasteiger partial charge in [0.2, 0.25) is 5.91 Å². The Hall–Kier alpha value is -1.00. The first kappa shape index (κ1) is 14.4. The summed E-state index contributed by atoms with van der Waals surface area (Å²) in [5.41, 5.74) is 0. The number of carbonyl (C=O) groups excluding carboxylic acids is 1. The Bertz CT molecular complexity index is 390. The number of benzene rings is 1. The highest BCUT2D eigenvalue weighted by Gasteiger charge is 2.20. The van der Waals surface area contributed by atoms with Crippen molar-refractivity contribution in [2.45, 2.75) is 42.4 Å². The molecule has 2 N–H and O–H groups in total. The highest BCUT2D eigenvalue weighted by Crippen LogP contribution is 2.22. The van der Waals surface area contributed by atoms with E-state index in [0.717, 1.165) is 25.9 Å². The van der Waals surface area contributed by atoms with Gasteiger partial charge in [-0.1, -0.05) is 31.5 Å². The summed E-state index contributed by atoms with van der Waals surface area (Å²) in [7, 11) is 0. The van der Waals surface area contributed by atoms with Crippen LogP contribution in [0.15, 0.2) is 35.2 Å². The molecule has 0 aliphatic carbocycles. The molecule has 2 atom stereocenters. The van der Waals surface area contributed by atoms with E-state index in [1.54, 1.807) is 11.8 Å². The molecule has 0 bridgehead atoms. The van der Waals surface area contributed by atoms with Crippen LogP contribution in [0.5, 0.6) is 0 Å². The van der Waals surface area contributed by atoms with E-state index in [1.165, 1.54) is 11.3 Å². The fourth-order valence-corrected chi connectivity index (χ4v) is 3.16. The van der Waals surface area contributed by atoms with Gasteiger partial charge in [-0.05, 0) is 31.5 Å². The van der Waals surface area contributed by atoms with Crippen molar-refractivity contribution in [3.05, 3.63) is 30.3 Å². The third-order valence-electron chi connectivity index (χ3n) is 3.27. The van der Waals surface area contributed by atoms with Crippen molar-refractivity contribution in [1.82, 2.24) is 10.6 Å². The van der Waals surface area contributed by atoms with Gasteiger partial charge in [-0.25, -0.2) is 0 Å². The minimum absolute atomic E-state index is 0.0164. The molecule has 1 aliphatic rings. The Morgan fingerprint density at radius 2 is 2.21 bits per heavy atom. The van der Waals surface area contributed by atoms with Crippen molar-refractivity contribution in [2.24, 2.45) is 0 Å². The maximum Gasteiger partial charge on any atom is 0.237 e. The molecule has 4 heteroatoms. The normalized spacial score (nSPS) is 20.8. The van der Waals surface area contributed by atoms with Crippen molar-refractivity contribution in [3.63, 3.8) is 0 Å². The summed E-state index contributed by atoms with van der Waals surface area (Å²) >= 11 is 1.80. The van der Waals surface area contributed by atoms with Gasteiger partial charge in [0.25, 0.3) is 0 Å². The van der Waals surface area contributed by atoms with Crippen molar-refractivity contribution < 1.29 is 4.79 Å². The second-order valence-corrected chi connectivity index (χ2v) is 6.50. The predicted octanol–water partition coefficient (Wildman–Crippen LogP) is 2.43. The average Bonchev–Trinajstić information content (AvgIpc) is 2.47. The van der Waals surface area contributed by atoms with Crippen molar-refractivity contribution in [3.8, 4) is 0 Å². The number of hydrogen-bond acceptors (Lipinski definition) is 3. The lowest BCUT2D eigenvalue weighted by Gasteiger charge is -2.23. The number of hydrogen-bond donors (Lipinski definition) is 2. The topological polar surface area (TPSA) is 41.1 Å². The molecule has 0 spiro atoms. The molecule has 0 radical (unpaired) electrons. The van der Waals surface area contributed by atoms with Crippen LogP contribution in [0.1, 0.15) is 26.2 Å². The van der Waals surface area contributed by atoms with E-state index < -0.39 is 0 Å². The molecule has 19 heavy (non-hydrogen) atoms. The Labute approximate surface area is 119 Å². The molecule has 0 saturated carbocycles. The Balaban J connectivity index is 1.71. The number of thioether (sulfide) groups is 1. The summed E-state index contributed by atoms with van der Waals surface area (Å²) in [6, 6.07) is 10.3. The zero-order valence-electron chi connectivity index (χ0n) is 11.4. The fraction of sp³-hybridized carbons (Fsp3) is 0.533. The zero-order chi connectivity index (χ0) is 13.5. The molecule has 1 aromatic rings. The number of rotatable bonds is 5. The van der Waals surface area contributed by atoms with E-state index in [2.05, 4.69) is 29.7 Å². The smallest absolute Gasteiger partial charge is 0.237 e. The number of piperidine rings is 1. The molecule has 1 fully saturated rings. The van der Waals surface area contributed by atoms with Gasteiger partial charge in [0.1, 0.15) is 0 Å². The summed E-state index contributed by atoms with van der Waals surface area (Å²) in [4.78, 5) is 13.2. The van der Waals surface area contributed by atoms with Gasteiger partial charge in [0.15, 0.2) is 0 Å². The van der Waals surface area contributed by atoms with Crippen LogP contribution < -0.4 is 10.6 Å². The monoisotopic (exact) mass is 278 g/mol. The molecular weight excluding hydrogens is 256 g/mol. The van der Waals surface area contributed by atoms with Crippen LogP contribution in [-0.2, 0) is 4.79 Å². The van der Waals surface area contributed by atoms with Gasteiger partial charge >= 0.3 is 0 Å². The van der Waals surface area contributed by atoms with Crippen LogP contribution in [0.4, 0.5) is 0 Å². The van der Waals surface area contributed by atoms with Crippen molar-refractivity contribution in [1.29, 1.82) is 0 Å². The Morgan fingerprint density at radius 3 is 2.89 bits per heavy atom. The SMILES string of the molecule is CC(CNC(=O)C1CCCCN1)Sc1ccccc1. The number of carbonyl (C=O) groups is 1. The first-order valence-corrected chi connectivity index (χ1v) is 7.86. The van der Waals surface area contributed by atoms with Crippen LogP contribution in [0.3, 0.4) is 0 Å². The van der Waals surface area contributed by atoms with Crippen LogP contribution in [0.2, 0.25) is 0 Å². The molecule has 1 heterocycles. The lowest BCUT2D eigenvalue weighted by molar-refractivity contribution is -0.123. The van der Waals surface area contributed by atoms with Gasteiger partial charge in [-0.3, -0.25) is 4.79 Å². The van der Waals surface area contributed by atoms with E-state index in [9.17, 15) is 4.79 Å². The maximum absolute atomic E-state index is 12.0. The summed E-state index contributed by atoms with van der Waals surface area (Å²) in [6.45, 7) is 3.83. The largest absolute Gasteiger partial charge is 0.354 e. The third kappa shape index (κ3) is 4.88. The minimum Gasteiger partial charge on any atom is -0.354 e. The lowest BCUT2D eigenvalue weighted by atomic mass is 10.0. The molecule has 104 valence electrons. The van der Waals surface area contributed by atoms with Gasteiger partial charge in [0.05, 0.1) is 6.04 Å². The first-order chi connectivity index (χ1) is 9.25. The maximum atomic E-state index is 12.0. The Kier molecular flexibility index (Phi) is 5.73. The summed E-state index contributed by atoms with van der Waals surface area (Å²) in [5, 5.41) is 6.71. The van der Waals surface area contributed by atoms with Crippen LogP contribution in [-0.4, -0.2) is 30.3 Å². The molecule has 1 aromatic carbocycles. The van der Waals surface area contributed by atoms with E-state index in [0.29, 0.717) is 5.25 Å². The lowest BCUT2D eigenvalue weighted by Crippen LogP contribution is -2.47. The van der Waals surface area contributed by atoms with Gasteiger partial charge in [0, 0.05) is 16.7 Å². The van der Waals surface area contributed by atoms with Gasteiger partial charge in [-0.2, -0.15) is 0 Å². The van der Waals surface area contributed by atoms with Gasteiger partial charge < -0.3 is 10.6 Å².